The highest BCUT2D eigenvalue weighted by Crippen LogP contribution is 2.29. The summed E-state index contributed by atoms with van der Waals surface area (Å²) in [5, 5.41) is 5.11. The fraction of sp³-hybridized carbons (Fsp3) is 0.733. The Kier molecular flexibility index (Phi) is 6.40. The highest BCUT2D eigenvalue weighted by Gasteiger charge is 2.28. The van der Waals surface area contributed by atoms with Crippen LogP contribution < -0.4 is 10.0 Å². The summed E-state index contributed by atoms with van der Waals surface area (Å²) in [5.41, 5.74) is 0.751. The molecule has 0 aliphatic heterocycles. The Bertz CT molecular complexity index is 560. The highest BCUT2D eigenvalue weighted by molar-refractivity contribution is 7.89. The van der Waals surface area contributed by atoms with Gasteiger partial charge < -0.3 is 5.32 Å². The Morgan fingerprint density at radius 3 is 2.48 bits per heavy atom. The van der Waals surface area contributed by atoms with Crippen LogP contribution in [0.4, 0.5) is 0 Å². The fourth-order valence-electron chi connectivity index (χ4n) is 1.77. The van der Waals surface area contributed by atoms with Crippen molar-refractivity contribution in [1.29, 1.82) is 0 Å². The molecular formula is C15H28N2O2S2. The molecule has 1 aromatic heterocycles. The second kappa shape index (κ2) is 7.22. The molecule has 1 heterocycles. The molecule has 0 atom stereocenters. The fourth-order valence-corrected chi connectivity index (χ4v) is 4.77. The van der Waals surface area contributed by atoms with E-state index in [9.17, 15) is 8.42 Å². The van der Waals surface area contributed by atoms with E-state index >= 15 is 0 Å². The van der Waals surface area contributed by atoms with E-state index in [2.05, 4.69) is 37.7 Å². The van der Waals surface area contributed by atoms with Crippen LogP contribution in [0.3, 0.4) is 0 Å². The van der Waals surface area contributed by atoms with Gasteiger partial charge in [-0.1, -0.05) is 34.6 Å². The Balaban J connectivity index is 2.95. The van der Waals surface area contributed by atoms with Gasteiger partial charge in [0.05, 0.1) is 0 Å². The molecule has 0 unspecified atom stereocenters. The molecule has 6 heteroatoms. The first-order valence-corrected chi connectivity index (χ1v) is 9.75. The van der Waals surface area contributed by atoms with Crippen LogP contribution in [0.5, 0.6) is 0 Å². The van der Waals surface area contributed by atoms with E-state index in [1.807, 2.05) is 19.2 Å². The lowest BCUT2D eigenvalue weighted by Gasteiger charge is -2.29. The second-order valence-corrected chi connectivity index (χ2v) is 9.09. The van der Waals surface area contributed by atoms with Gasteiger partial charge in [0.25, 0.3) is 0 Å². The molecule has 1 rings (SSSR count). The predicted molar refractivity (Wildman–Crippen MR) is 90.2 cm³/mol. The maximum absolute atomic E-state index is 12.6. The largest absolute Gasteiger partial charge is 0.312 e. The molecule has 1 aromatic rings. The van der Waals surface area contributed by atoms with Gasteiger partial charge in [0.1, 0.15) is 4.90 Å². The van der Waals surface area contributed by atoms with Crippen molar-refractivity contribution in [2.45, 2.75) is 53.0 Å². The van der Waals surface area contributed by atoms with E-state index in [1.54, 1.807) is 0 Å². The third-order valence-corrected chi connectivity index (χ3v) is 6.94. The molecule has 0 spiro atoms. The van der Waals surface area contributed by atoms with Crippen molar-refractivity contribution in [3.8, 4) is 0 Å². The van der Waals surface area contributed by atoms with Crippen molar-refractivity contribution in [2.75, 3.05) is 13.1 Å². The van der Waals surface area contributed by atoms with Crippen molar-refractivity contribution in [3.63, 3.8) is 0 Å². The molecule has 0 radical (unpaired) electrons. The summed E-state index contributed by atoms with van der Waals surface area (Å²) in [7, 11) is -3.45. The van der Waals surface area contributed by atoms with Crippen LogP contribution >= 0.6 is 11.3 Å². The molecule has 0 bridgehead atoms. The van der Waals surface area contributed by atoms with E-state index in [0.717, 1.165) is 17.0 Å². The molecule has 0 aliphatic rings. The summed E-state index contributed by atoms with van der Waals surface area (Å²) in [6, 6.07) is 0. The summed E-state index contributed by atoms with van der Waals surface area (Å²) in [4.78, 5) is 1.33. The summed E-state index contributed by atoms with van der Waals surface area (Å²) in [6.07, 6.45) is 0. The van der Waals surface area contributed by atoms with E-state index in [4.69, 9.17) is 0 Å². The maximum Gasteiger partial charge on any atom is 0.242 e. The van der Waals surface area contributed by atoms with Crippen LogP contribution in [0.1, 0.15) is 45.1 Å². The van der Waals surface area contributed by atoms with Crippen molar-refractivity contribution in [3.05, 3.63) is 15.8 Å². The molecule has 0 saturated heterocycles. The van der Waals surface area contributed by atoms with Crippen LogP contribution in [0.15, 0.2) is 10.3 Å². The lowest BCUT2D eigenvalue weighted by atomic mass is 9.81. The first-order chi connectivity index (χ1) is 9.62. The summed E-state index contributed by atoms with van der Waals surface area (Å²) in [5.74, 6) is 0.407. The Hall–Kier alpha value is -0.430. The quantitative estimate of drug-likeness (QED) is 0.769. The predicted octanol–water partition coefficient (Wildman–Crippen LogP) is 3.13. The molecular weight excluding hydrogens is 304 g/mol. The number of nitrogens with one attached hydrogen (secondary N) is 2. The van der Waals surface area contributed by atoms with E-state index in [-0.39, 0.29) is 5.41 Å². The minimum absolute atomic E-state index is 0.0706. The van der Waals surface area contributed by atoms with Gasteiger partial charge >= 0.3 is 0 Å². The van der Waals surface area contributed by atoms with Gasteiger partial charge in [0, 0.05) is 18.0 Å². The summed E-state index contributed by atoms with van der Waals surface area (Å²) in [6.45, 7) is 14.1. The summed E-state index contributed by atoms with van der Waals surface area (Å²) >= 11 is 1.50. The van der Waals surface area contributed by atoms with Gasteiger partial charge in [-0.25, -0.2) is 13.1 Å². The maximum atomic E-state index is 12.6. The number of thiophene rings is 1. The topological polar surface area (TPSA) is 58.2 Å². The summed E-state index contributed by atoms with van der Waals surface area (Å²) < 4.78 is 28.1. The average molecular weight is 333 g/mol. The zero-order chi connectivity index (χ0) is 16.3. The monoisotopic (exact) mass is 332 g/mol. The first-order valence-electron chi connectivity index (χ1n) is 7.39. The lowest BCUT2D eigenvalue weighted by molar-refractivity contribution is 0.252. The molecule has 4 nitrogen and oxygen atoms in total. The van der Waals surface area contributed by atoms with Crippen molar-refractivity contribution < 1.29 is 8.42 Å². The van der Waals surface area contributed by atoms with Gasteiger partial charge in [-0.05, 0) is 35.7 Å². The van der Waals surface area contributed by atoms with Crippen LogP contribution in [0, 0.1) is 18.3 Å². The normalized spacial score (nSPS) is 13.1. The number of hydrogen-bond acceptors (Lipinski definition) is 4. The number of hydrogen-bond donors (Lipinski definition) is 2. The minimum Gasteiger partial charge on any atom is -0.312 e. The second-order valence-electron chi connectivity index (χ2n) is 6.42. The SMILES string of the molecule is CCNCc1scc(C)c1S(=O)(=O)NCC(C)(C)C(C)C. The molecule has 122 valence electrons. The highest BCUT2D eigenvalue weighted by atomic mass is 32.2. The van der Waals surface area contributed by atoms with Crippen LogP contribution in [0.2, 0.25) is 0 Å². The van der Waals surface area contributed by atoms with E-state index in [1.165, 1.54) is 11.3 Å². The van der Waals surface area contributed by atoms with Crippen molar-refractivity contribution in [2.24, 2.45) is 11.3 Å². The minimum atomic E-state index is -3.45. The number of sulfonamides is 1. The number of aryl methyl sites for hydroxylation is 1. The average Bonchev–Trinajstić information content (AvgIpc) is 2.76. The van der Waals surface area contributed by atoms with Gasteiger partial charge in [0.2, 0.25) is 10.0 Å². The molecule has 0 amide bonds. The Labute approximate surface area is 133 Å². The molecule has 0 aliphatic carbocycles. The molecule has 0 aromatic carbocycles. The van der Waals surface area contributed by atoms with Gasteiger partial charge in [0.15, 0.2) is 0 Å². The molecule has 0 saturated carbocycles. The standard InChI is InChI=1S/C15H28N2O2S2/c1-7-16-8-13-14(12(4)9-20-13)21(18,19)17-10-15(5,6)11(2)3/h9,11,16-17H,7-8,10H2,1-6H3. The van der Waals surface area contributed by atoms with Gasteiger partial charge in [-0.3, -0.25) is 0 Å². The van der Waals surface area contributed by atoms with Gasteiger partial charge in [-0.2, -0.15) is 0 Å². The Morgan fingerprint density at radius 1 is 1.33 bits per heavy atom. The lowest BCUT2D eigenvalue weighted by Crippen LogP contribution is -2.37. The smallest absolute Gasteiger partial charge is 0.242 e. The number of rotatable bonds is 8. The third kappa shape index (κ3) is 4.77. The molecule has 21 heavy (non-hydrogen) atoms. The Morgan fingerprint density at radius 2 is 1.95 bits per heavy atom. The molecule has 0 fully saturated rings. The van der Waals surface area contributed by atoms with Gasteiger partial charge in [-0.15, -0.1) is 11.3 Å². The van der Waals surface area contributed by atoms with E-state index < -0.39 is 10.0 Å². The van der Waals surface area contributed by atoms with Crippen LogP contribution in [-0.4, -0.2) is 21.5 Å². The van der Waals surface area contributed by atoms with E-state index in [0.29, 0.717) is 23.9 Å². The van der Waals surface area contributed by atoms with Crippen LogP contribution in [0.25, 0.3) is 0 Å². The molecule has 2 N–H and O–H groups in total. The zero-order valence-corrected chi connectivity index (χ0v) is 15.5. The third-order valence-electron chi connectivity index (χ3n) is 4.07. The van der Waals surface area contributed by atoms with Crippen molar-refractivity contribution >= 4 is 21.4 Å². The van der Waals surface area contributed by atoms with Crippen molar-refractivity contribution in [1.82, 2.24) is 10.0 Å². The zero-order valence-electron chi connectivity index (χ0n) is 13.9. The first kappa shape index (κ1) is 18.6. The van der Waals surface area contributed by atoms with Crippen LogP contribution in [-0.2, 0) is 16.6 Å².